The minimum Gasteiger partial charge on any atom is -0.480 e. The molecule has 0 fully saturated rings. The van der Waals surface area contributed by atoms with Crippen molar-refractivity contribution in [1.82, 2.24) is 37.4 Å². The molecule has 79 heavy (non-hydrogen) atoms. The van der Waals surface area contributed by atoms with Crippen LogP contribution in [0.5, 0.6) is 0 Å². The van der Waals surface area contributed by atoms with Gasteiger partial charge in [-0.25, -0.2) is 4.79 Å². The van der Waals surface area contributed by atoms with Crippen molar-refractivity contribution in [2.45, 2.75) is 154 Å². The third-order valence-electron chi connectivity index (χ3n) is 11.7. The molecule has 0 radical (unpaired) electrons. The zero-order valence-corrected chi connectivity index (χ0v) is 47.2. The highest BCUT2D eigenvalue weighted by Gasteiger charge is 2.21. The van der Waals surface area contributed by atoms with Crippen LogP contribution in [-0.2, 0) is 76.3 Å². The molecule has 0 aromatic carbocycles. The Kier molecular flexibility index (Phi) is 53.3. The summed E-state index contributed by atoms with van der Waals surface area (Å²) in [6.45, 7) is 5.25. The quantitative estimate of drug-likeness (QED) is 0.0307. The molecule has 2 atom stereocenters. The molecule has 0 aliphatic heterocycles. The number of hydrogen-bond acceptors (Lipinski definition) is 18. The van der Waals surface area contributed by atoms with Crippen LogP contribution in [0, 0.1) is 0 Å². The molecule has 0 aromatic heterocycles. The minimum absolute atomic E-state index is 0.0240. The Labute approximate surface area is 467 Å². The number of amides is 6. The molecule has 0 spiro atoms. The Morgan fingerprint density at radius 1 is 0.329 bits per heavy atom. The lowest BCUT2D eigenvalue weighted by molar-refractivity contribution is -0.143. The minimum atomic E-state index is -1.18. The molecule has 0 heterocycles. The zero-order valence-electron chi connectivity index (χ0n) is 47.2. The first-order chi connectivity index (χ1) is 38.4. The third kappa shape index (κ3) is 53.8. The van der Waals surface area contributed by atoms with Gasteiger partial charge in [0.2, 0.25) is 35.4 Å². The number of carbonyl (C=O) groups is 8. The summed E-state index contributed by atoms with van der Waals surface area (Å²) in [5.74, 6) is -4.32. The Balaban J connectivity index is 3.57. The average Bonchev–Trinajstić information content (AvgIpc) is 3.42. The predicted molar refractivity (Wildman–Crippen MR) is 290 cm³/mol. The monoisotopic (exact) mass is 1140 g/mol. The van der Waals surface area contributed by atoms with Gasteiger partial charge in [-0.2, -0.15) is 5.48 Å². The molecule has 0 rings (SSSR count). The Morgan fingerprint density at radius 2 is 0.658 bits per heavy atom. The number of carbonyl (C=O) groups excluding carboxylic acids is 6. The maximum atomic E-state index is 12.4. The fraction of sp³-hybridized carbons (Fsp3) is 0.849. The summed E-state index contributed by atoms with van der Waals surface area (Å²) in [4.78, 5) is 94.7. The summed E-state index contributed by atoms with van der Waals surface area (Å²) in [5, 5.41) is 42.9. The van der Waals surface area contributed by atoms with E-state index in [2.05, 4.69) is 38.8 Å². The molecule has 0 saturated carbocycles. The summed E-state index contributed by atoms with van der Waals surface area (Å²) in [6, 6.07) is -2.18. The Hall–Kier alpha value is -4.64. The lowest BCUT2D eigenvalue weighted by atomic mass is 10.0. The third-order valence-corrected chi connectivity index (χ3v) is 11.7. The second kappa shape index (κ2) is 56.6. The predicted octanol–water partition coefficient (Wildman–Crippen LogP) is 1.91. The number of hydroxylamine groups is 1. The molecule has 0 aliphatic carbocycles. The van der Waals surface area contributed by atoms with Gasteiger partial charge in [-0.1, -0.05) is 96.8 Å². The van der Waals surface area contributed by atoms with Gasteiger partial charge in [0.05, 0.1) is 79.3 Å². The summed E-state index contributed by atoms with van der Waals surface area (Å²) >= 11 is 0. The van der Waals surface area contributed by atoms with Crippen LogP contribution in [0.1, 0.15) is 142 Å². The highest BCUT2D eigenvalue weighted by molar-refractivity contribution is 5.84. The van der Waals surface area contributed by atoms with Gasteiger partial charge in [0.25, 0.3) is 0 Å². The fourth-order valence-corrected chi connectivity index (χ4v) is 7.28. The largest absolute Gasteiger partial charge is 0.480 e. The molecule has 0 aliphatic rings. The molecule has 0 saturated heterocycles. The van der Waals surface area contributed by atoms with Gasteiger partial charge in [0.15, 0.2) is 0 Å². The molecule has 26 nitrogen and oxygen atoms in total. The van der Waals surface area contributed by atoms with E-state index in [9.17, 15) is 43.5 Å². The van der Waals surface area contributed by atoms with E-state index in [1.54, 1.807) is 5.48 Å². The van der Waals surface area contributed by atoms with Gasteiger partial charge in [-0.15, -0.1) is 0 Å². The number of hydrogen-bond donors (Lipinski definition) is 10. The Morgan fingerprint density at radius 3 is 1.01 bits per heavy atom. The SMILES string of the molecule is CCCCCCCCCCCCCCCCCC(=O)NC(CCC(=O)NCCOCCOCC(=O)NCCOCCOCC(=O)NCCOCCOCC(=O)NCCOCCOCC(=O)NCCCCC(NO)C(=O)O)C(=O)O. The molecule has 2 unspecified atom stereocenters. The van der Waals surface area contributed by atoms with Gasteiger partial charge in [0, 0.05) is 45.6 Å². The average molecular weight is 1140 g/mol. The van der Waals surface area contributed by atoms with Crippen molar-refractivity contribution >= 4 is 47.4 Å². The van der Waals surface area contributed by atoms with Crippen LogP contribution in [0.15, 0.2) is 0 Å². The first-order valence-electron chi connectivity index (χ1n) is 28.5. The number of carboxylic acids is 2. The lowest BCUT2D eigenvalue weighted by Crippen LogP contribution is -2.41. The van der Waals surface area contributed by atoms with Crippen molar-refractivity contribution in [1.29, 1.82) is 0 Å². The fourth-order valence-electron chi connectivity index (χ4n) is 7.28. The number of carboxylic acid groups (broad SMARTS) is 2. The molecule has 6 amide bonds. The maximum Gasteiger partial charge on any atom is 0.326 e. The van der Waals surface area contributed by atoms with E-state index in [4.69, 9.17) is 48.2 Å². The number of nitrogens with one attached hydrogen (secondary N) is 7. The summed E-state index contributed by atoms with van der Waals surface area (Å²) in [6.07, 6.45) is 19.8. The van der Waals surface area contributed by atoms with Crippen LogP contribution in [0.25, 0.3) is 0 Å². The number of rotatable bonds is 60. The summed E-state index contributed by atoms with van der Waals surface area (Å²) < 4.78 is 42.6. The molecular formula is C53H99N7O19. The van der Waals surface area contributed by atoms with Gasteiger partial charge < -0.3 is 85.2 Å². The van der Waals surface area contributed by atoms with Crippen molar-refractivity contribution < 1.29 is 91.7 Å². The van der Waals surface area contributed by atoms with Gasteiger partial charge in [0.1, 0.15) is 38.5 Å². The highest BCUT2D eigenvalue weighted by Crippen LogP contribution is 2.14. The first-order valence-corrected chi connectivity index (χ1v) is 28.5. The second-order valence-corrected chi connectivity index (χ2v) is 18.6. The summed E-state index contributed by atoms with van der Waals surface area (Å²) in [7, 11) is 0. The zero-order chi connectivity index (χ0) is 58.1. The maximum absolute atomic E-state index is 12.4. The van der Waals surface area contributed by atoms with Crippen LogP contribution < -0.4 is 37.4 Å². The molecule has 0 aromatic rings. The molecular weight excluding hydrogens is 1040 g/mol. The van der Waals surface area contributed by atoms with E-state index in [0.717, 1.165) is 19.3 Å². The van der Waals surface area contributed by atoms with E-state index in [1.807, 2.05) is 0 Å². The first kappa shape index (κ1) is 74.4. The lowest BCUT2D eigenvalue weighted by Gasteiger charge is -2.14. The normalized spacial score (nSPS) is 11.9. The smallest absolute Gasteiger partial charge is 0.326 e. The second-order valence-electron chi connectivity index (χ2n) is 18.6. The van der Waals surface area contributed by atoms with E-state index >= 15 is 0 Å². The number of aliphatic carboxylic acids is 2. The number of ether oxygens (including phenoxy) is 8. The highest BCUT2D eigenvalue weighted by atomic mass is 16.5. The van der Waals surface area contributed by atoms with Gasteiger partial charge >= 0.3 is 11.9 Å². The van der Waals surface area contributed by atoms with Crippen molar-refractivity contribution in [3.8, 4) is 0 Å². The molecule has 10 N–H and O–H groups in total. The van der Waals surface area contributed by atoms with Crippen LogP contribution in [0.2, 0.25) is 0 Å². The van der Waals surface area contributed by atoms with Crippen LogP contribution in [0.3, 0.4) is 0 Å². The van der Waals surface area contributed by atoms with E-state index in [-0.39, 0.29) is 193 Å². The van der Waals surface area contributed by atoms with E-state index in [0.29, 0.717) is 25.8 Å². The van der Waals surface area contributed by atoms with Crippen LogP contribution in [-0.4, -0.2) is 213 Å². The van der Waals surface area contributed by atoms with E-state index < -0.39 is 24.0 Å². The topological polar surface area (TPSA) is 355 Å². The van der Waals surface area contributed by atoms with Crippen LogP contribution in [0.4, 0.5) is 0 Å². The van der Waals surface area contributed by atoms with E-state index in [1.165, 1.54) is 70.6 Å². The van der Waals surface area contributed by atoms with Gasteiger partial charge in [-0.05, 0) is 32.1 Å². The molecule has 26 heteroatoms. The summed E-state index contributed by atoms with van der Waals surface area (Å²) in [5.41, 5.74) is 1.72. The molecule has 0 bridgehead atoms. The number of unbranched alkanes of at least 4 members (excludes halogenated alkanes) is 15. The standard InChI is InChI=1S/C53H99N7O19/c1-2-3-4-5-6-7-8-9-10-11-12-13-14-15-16-20-47(62)59-44(52(67)68)21-22-46(61)55-24-28-72-32-37-77-41-49(64)57-26-30-74-34-39-79-43-51(66)58-27-31-75-35-38-78-42-50(65)56-25-29-73-33-36-76-40-48(63)54-23-18-17-19-45(60-71)53(69)70/h44-45,60,71H,2-43H2,1H3,(H,54,63)(H,55,61)(H,56,65)(H,57,64)(H,58,66)(H,59,62)(H,67,68)(H,69,70). The van der Waals surface area contributed by atoms with Crippen molar-refractivity contribution in [2.24, 2.45) is 0 Å². The Bertz CT molecular complexity index is 1570. The van der Waals surface area contributed by atoms with Crippen molar-refractivity contribution in [2.75, 3.05) is 138 Å². The van der Waals surface area contributed by atoms with Crippen molar-refractivity contribution in [3.63, 3.8) is 0 Å². The van der Waals surface area contributed by atoms with Gasteiger partial charge in [-0.3, -0.25) is 33.6 Å². The van der Waals surface area contributed by atoms with Crippen LogP contribution >= 0.6 is 0 Å². The molecule has 460 valence electrons. The van der Waals surface area contributed by atoms with Crippen molar-refractivity contribution in [3.05, 3.63) is 0 Å².